The Morgan fingerprint density at radius 3 is 2.38 bits per heavy atom. The molecular formula is C17H15FN2O4. The summed E-state index contributed by atoms with van der Waals surface area (Å²) in [4.78, 5) is 31.9. The molecule has 5 rings (SSSR count). The molecule has 4 heterocycles. The summed E-state index contributed by atoms with van der Waals surface area (Å²) in [7, 11) is 0. The molecule has 24 heavy (non-hydrogen) atoms. The molecule has 124 valence electrons. The molecule has 1 aromatic carbocycles. The van der Waals surface area contributed by atoms with Gasteiger partial charge >= 0.3 is 0 Å². The summed E-state index contributed by atoms with van der Waals surface area (Å²) in [6.45, 7) is 2.17. The molecule has 4 aliphatic heterocycles. The Morgan fingerprint density at radius 2 is 1.71 bits per heavy atom. The van der Waals surface area contributed by atoms with Gasteiger partial charge in [-0.1, -0.05) is 17.3 Å². The second-order valence-electron chi connectivity index (χ2n) is 6.62. The van der Waals surface area contributed by atoms with Crippen molar-refractivity contribution in [3.8, 4) is 0 Å². The number of fused-ring (bicyclic) bond motifs is 8. The first kappa shape index (κ1) is 14.1. The molecule has 0 aliphatic carbocycles. The lowest BCUT2D eigenvalue weighted by molar-refractivity contribution is -0.142. The Hall–Kier alpha value is -2.28. The summed E-state index contributed by atoms with van der Waals surface area (Å²) in [5, 5.41) is 4.16. The number of oxime groups is 1. The number of halogens is 1. The molecule has 2 amide bonds. The average molecular weight is 330 g/mol. The van der Waals surface area contributed by atoms with Crippen LogP contribution in [0.5, 0.6) is 0 Å². The normalized spacial score (nSPS) is 39.1. The van der Waals surface area contributed by atoms with Crippen molar-refractivity contribution >= 4 is 17.5 Å². The first-order chi connectivity index (χ1) is 11.6. The number of carbonyl (C=O) groups excluding carboxylic acids is 2. The minimum absolute atomic E-state index is 0.163. The van der Waals surface area contributed by atoms with E-state index in [4.69, 9.17) is 9.57 Å². The third-order valence-corrected chi connectivity index (χ3v) is 5.59. The van der Waals surface area contributed by atoms with E-state index in [-0.39, 0.29) is 29.7 Å². The molecule has 0 spiro atoms. The predicted molar refractivity (Wildman–Crippen MR) is 79.3 cm³/mol. The van der Waals surface area contributed by atoms with Gasteiger partial charge in [0, 0.05) is 12.1 Å². The zero-order valence-corrected chi connectivity index (χ0v) is 12.9. The van der Waals surface area contributed by atoms with Gasteiger partial charge in [0.2, 0.25) is 11.8 Å². The van der Waals surface area contributed by atoms with Gasteiger partial charge in [0.15, 0.2) is 6.10 Å². The van der Waals surface area contributed by atoms with E-state index in [2.05, 4.69) is 5.16 Å². The van der Waals surface area contributed by atoms with E-state index in [1.165, 1.54) is 17.0 Å². The molecule has 0 N–H and O–H groups in total. The maximum Gasteiger partial charge on any atom is 0.235 e. The maximum absolute atomic E-state index is 13.2. The second-order valence-corrected chi connectivity index (χ2v) is 6.62. The van der Waals surface area contributed by atoms with Gasteiger partial charge < -0.3 is 9.57 Å². The molecule has 1 aromatic rings. The highest BCUT2D eigenvalue weighted by atomic mass is 19.1. The van der Waals surface area contributed by atoms with Crippen LogP contribution in [0.15, 0.2) is 29.4 Å². The van der Waals surface area contributed by atoms with Crippen LogP contribution in [-0.4, -0.2) is 47.3 Å². The number of ether oxygens (including phenoxy) is 1. The molecule has 0 unspecified atom stereocenters. The Labute approximate surface area is 137 Å². The second kappa shape index (κ2) is 4.63. The molecule has 0 saturated carbocycles. The van der Waals surface area contributed by atoms with Gasteiger partial charge in [-0.25, -0.2) is 4.39 Å². The SMILES string of the molecule is CCN1C(=O)[C@@H]2[C@H]3O[C@@H]([C@@H]4C(c5ccc(F)cc5)=NO[C@H]34)[C@H]2C1=O. The van der Waals surface area contributed by atoms with Crippen LogP contribution in [0.3, 0.4) is 0 Å². The summed E-state index contributed by atoms with van der Waals surface area (Å²) in [6.07, 6.45) is -1.21. The zero-order chi connectivity index (χ0) is 16.6. The van der Waals surface area contributed by atoms with Crippen molar-refractivity contribution in [2.75, 3.05) is 6.54 Å². The van der Waals surface area contributed by atoms with Crippen molar-refractivity contribution in [2.24, 2.45) is 22.9 Å². The summed E-state index contributed by atoms with van der Waals surface area (Å²) < 4.78 is 19.1. The Kier molecular flexibility index (Phi) is 2.72. The van der Waals surface area contributed by atoms with Crippen molar-refractivity contribution in [2.45, 2.75) is 25.2 Å². The number of hydrogen-bond donors (Lipinski definition) is 0. The van der Waals surface area contributed by atoms with E-state index >= 15 is 0 Å². The summed E-state index contributed by atoms with van der Waals surface area (Å²) in [5.41, 5.74) is 1.42. The van der Waals surface area contributed by atoms with Gasteiger partial charge in [-0.05, 0) is 19.1 Å². The van der Waals surface area contributed by atoms with Crippen molar-refractivity contribution < 1.29 is 23.6 Å². The van der Waals surface area contributed by atoms with Crippen molar-refractivity contribution in [3.63, 3.8) is 0 Å². The Morgan fingerprint density at radius 1 is 1.04 bits per heavy atom. The van der Waals surface area contributed by atoms with E-state index in [0.717, 1.165) is 5.56 Å². The number of imide groups is 1. The zero-order valence-electron chi connectivity index (χ0n) is 12.9. The lowest BCUT2D eigenvalue weighted by atomic mass is 9.71. The van der Waals surface area contributed by atoms with Gasteiger partial charge in [0.1, 0.15) is 11.9 Å². The molecule has 2 bridgehead atoms. The highest BCUT2D eigenvalue weighted by Crippen LogP contribution is 2.54. The first-order valence-electron chi connectivity index (χ1n) is 8.12. The van der Waals surface area contributed by atoms with Gasteiger partial charge in [-0.2, -0.15) is 0 Å². The first-order valence-corrected chi connectivity index (χ1v) is 8.12. The highest BCUT2D eigenvalue weighted by molar-refractivity contribution is 6.09. The van der Waals surface area contributed by atoms with Gasteiger partial charge in [0.05, 0.1) is 29.6 Å². The van der Waals surface area contributed by atoms with Gasteiger partial charge in [0.25, 0.3) is 0 Å². The third kappa shape index (κ3) is 1.55. The average Bonchev–Trinajstić information content (AvgIpc) is 3.29. The third-order valence-electron chi connectivity index (χ3n) is 5.59. The number of nitrogens with zero attached hydrogens (tertiary/aromatic N) is 2. The lowest BCUT2D eigenvalue weighted by Gasteiger charge is -2.26. The topological polar surface area (TPSA) is 68.2 Å². The fraction of sp³-hybridized carbons (Fsp3) is 0.471. The molecule has 6 atom stereocenters. The van der Waals surface area contributed by atoms with Crippen molar-refractivity contribution in [1.82, 2.24) is 4.90 Å². The van der Waals surface area contributed by atoms with E-state index in [0.29, 0.717) is 12.3 Å². The number of hydrogen-bond acceptors (Lipinski definition) is 5. The van der Waals surface area contributed by atoms with Gasteiger partial charge in [-0.3, -0.25) is 14.5 Å². The largest absolute Gasteiger partial charge is 0.389 e. The lowest BCUT2D eigenvalue weighted by Crippen LogP contribution is -2.45. The highest BCUT2D eigenvalue weighted by Gasteiger charge is 2.71. The molecule has 6 nitrogen and oxygen atoms in total. The van der Waals surface area contributed by atoms with Crippen LogP contribution in [0.2, 0.25) is 0 Å². The van der Waals surface area contributed by atoms with E-state index in [9.17, 15) is 14.0 Å². The number of benzene rings is 1. The standard InChI is InChI=1S/C17H15FN2O4/c1-2-20-16(21)9-10(17(20)22)14-15-11(13(9)23-14)12(19-24-15)7-3-5-8(18)6-4-7/h3-6,9-11,13-15H,2H2,1H3/t9-,10-,11-,13+,14+,15-/m0/s1. The van der Waals surface area contributed by atoms with Crippen LogP contribution in [0, 0.1) is 23.6 Å². The minimum atomic E-state index is -0.466. The maximum atomic E-state index is 13.2. The van der Waals surface area contributed by atoms with Crippen molar-refractivity contribution in [1.29, 1.82) is 0 Å². The quantitative estimate of drug-likeness (QED) is 0.757. The molecule has 3 fully saturated rings. The number of amides is 2. The van der Waals surface area contributed by atoms with Gasteiger partial charge in [-0.15, -0.1) is 0 Å². The Bertz CT molecular complexity index is 777. The number of rotatable bonds is 2. The van der Waals surface area contributed by atoms with Crippen LogP contribution >= 0.6 is 0 Å². The van der Waals surface area contributed by atoms with Crippen LogP contribution in [0.1, 0.15) is 12.5 Å². The summed E-state index contributed by atoms with van der Waals surface area (Å²) >= 11 is 0. The fourth-order valence-electron chi connectivity index (χ4n) is 4.59. The van der Waals surface area contributed by atoms with E-state index < -0.39 is 24.0 Å². The fourth-order valence-corrected chi connectivity index (χ4v) is 4.59. The molecule has 4 aliphatic rings. The van der Waals surface area contributed by atoms with Crippen LogP contribution < -0.4 is 0 Å². The van der Waals surface area contributed by atoms with E-state index in [1.54, 1.807) is 19.1 Å². The Balaban J connectivity index is 1.51. The van der Waals surface area contributed by atoms with Crippen molar-refractivity contribution in [3.05, 3.63) is 35.6 Å². The minimum Gasteiger partial charge on any atom is -0.389 e. The predicted octanol–water partition coefficient (Wildman–Crippen LogP) is 0.947. The van der Waals surface area contributed by atoms with E-state index in [1.807, 2.05) is 0 Å². The van der Waals surface area contributed by atoms with Crippen LogP contribution in [-0.2, 0) is 19.2 Å². The number of likely N-dealkylation sites (tertiary alicyclic amines) is 1. The molecular weight excluding hydrogens is 315 g/mol. The molecule has 0 aromatic heterocycles. The monoisotopic (exact) mass is 330 g/mol. The summed E-state index contributed by atoms with van der Waals surface area (Å²) in [5.74, 6) is -1.78. The smallest absolute Gasteiger partial charge is 0.235 e. The van der Waals surface area contributed by atoms with Crippen LogP contribution in [0.4, 0.5) is 4.39 Å². The molecule has 0 radical (unpaired) electrons. The number of carbonyl (C=O) groups is 2. The summed E-state index contributed by atoms with van der Waals surface area (Å²) in [6, 6.07) is 6.02. The molecule has 3 saturated heterocycles. The molecule has 7 heteroatoms. The van der Waals surface area contributed by atoms with Crippen LogP contribution in [0.25, 0.3) is 0 Å².